The zero-order valence-electron chi connectivity index (χ0n) is 15.7. The normalized spacial score (nSPS) is 28.3. The molecule has 1 saturated carbocycles. The number of carbonyl (C=O) groups excluding carboxylic acids is 3. The van der Waals surface area contributed by atoms with Crippen molar-refractivity contribution < 1.29 is 14.4 Å². The van der Waals surface area contributed by atoms with Gasteiger partial charge in [0.2, 0.25) is 17.7 Å². The van der Waals surface area contributed by atoms with E-state index in [1.807, 2.05) is 38.4 Å². The Morgan fingerprint density at radius 3 is 2.15 bits per heavy atom. The van der Waals surface area contributed by atoms with Crippen LogP contribution in [0, 0.1) is 23.7 Å². The molecule has 2 aliphatic carbocycles. The second-order valence-electron chi connectivity index (χ2n) is 8.09. The smallest absolute Gasteiger partial charge is 0.240 e. The van der Waals surface area contributed by atoms with E-state index in [-0.39, 0.29) is 47.9 Å². The van der Waals surface area contributed by atoms with Crippen LogP contribution in [0.25, 0.3) is 0 Å². The van der Waals surface area contributed by atoms with Crippen LogP contribution in [-0.4, -0.2) is 48.2 Å². The molecular weight excluding hydrogens is 342 g/mol. The summed E-state index contributed by atoms with van der Waals surface area (Å²) in [7, 11) is 4.04. The number of hydrogen-bond acceptors (Lipinski definition) is 4. The van der Waals surface area contributed by atoms with Gasteiger partial charge in [0.15, 0.2) is 0 Å². The second-order valence-corrected chi connectivity index (χ2v) is 8.09. The Kier molecular flexibility index (Phi) is 4.60. The van der Waals surface area contributed by atoms with E-state index < -0.39 is 0 Å². The maximum atomic E-state index is 12.6. The minimum atomic E-state index is -0.297. The summed E-state index contributed by atoms with van der Waals surface area (Å²) in [4.78, 5) is 40.8. The van der Waals surface area contributed by atoms with Crippen molar-refractivity contribution in [3.05, 3.63) is 47.5 Å². The average molecular weight is 367 g/mol. The molecule has 4 atom stereocenters. The molecule has 0 aromatic heterocycles. The van der Waals surface area contributed by atoms with Gasteiger partial charge < -0.3 is 10.2 Å². The highest BCUT2D eigenvalue weighted by Crippen LogP contribution is 2.52. The molecule has 0 radical (unpaired) electrons. The number of nitrogens with zero attached hydrogens (tertiary/aromatic N) is 2. The highest BCUT2D eigenvalue weighted by atomic mass is 16.2. The summed E-state index contributed by atoms with van der Waals surface area (Å²) in [5.41, 5.74) is 2.20. The van der Waals surface area contributed by atoms with Crippen molar-refractivity contribution in [2.45, 2.75) is 19.5 Å². The first kappa shape index (κ1) is 17.9. The summed E-state index contributed by atoms with van der Waals surface area (Å²) in [5.74, 6) is -0.797. The van der Waals surface area contributed by atoms with Crippen molar-refractivity contribution in [3.63, 3.8) is 0 Å². The Labute approximate surface area is 159 Å². The molecule has 3 amide bonds. The van der Waals surface area contributed by atoms with E-state index >= 15 is 0 Å². The maximum Gasteiger partial charge on any atom is 0.240 e. The topological polar surface area (TPSA) is 69.7 Å². The first-order chi connectivity index (χ1) is 12.9. The van der Waals surface area contributed by atoms with Gasteiger partial charge in [-0.1, -0.05) is 36.4 Å². The molecule has 4 rings (SSSR count). The Hall–Kier alpha value is -2.47. The molecular formula is C21H25N3O3. The Bertz CT molecular complexity index is 769. The van der Waals surface area contributed by atoms with Crippen LogP contribution in [0.3, 0.4) is 0 Å². The van der Waals surface area contributed by atoms with E-state index in [0.717, 1.165) is 23.4 Å². The van der Waals surface area contributed by atoms with E-state index in [1.165, 1.54) is 5.56 Å². The summed E-state index contributed by atoms with van der Waals surface area (Å²) in [6.45, 7) is 1.07. The third kappa shape index (κ3) is 3.30. The molecule has 27 heavy (non-hydrogen) atoms. The van der Waals surface area contributed by atoms with Crippen LogP contribution >= 0.6 is 0 Å². The Balaban J connectivity index is 1.31. The quantitative estimate of drug-likeness (QED) is 0.605. The summed E-state index contributed by atoms with van der Waals surface area (Å²) < 4.78 is 0. The highest BCUT2D eigenvalue weighted by molar-refractivity contribution is 6.08. The predicted octanol–water partition coefficient (Wildman–Crippen LogP) is 1.17. The number of allylic oxidation sites excluding steroid dienone is 2. The SMILES string of the molecule is CN(C)Cc1ccc(CNC(=O)CN2C(=O)C3C4C=CC(C4)C3C2=O)cc1. The number of hydrogen-bond donors (Lipinski definition) is 1. The number of nitrogens with one attached hydrogen (secondary N) is 1. The monoisotopic (exact) mass is 367 g/mol. The van der Waals surface area contributed by atoms with Crippen LogP contribution in [0.5, 0.6) is 0 Å². The van der Waals surface area contributed by atoms with Crippen molar-refractivity contribution in [1.82, 2.24) is 15.1 Å². The molecule has 4 unspecified atom stereocenters. The number of imide groups is 1. The molecule has 3 aliphatic rings. The first-order valence-corrected chi connectivity index (χ1v) is 9.47. The summed E-state index contributed by atoms with van der Waals surface area (Å²) in [6, 6.07) is 8.05. The maximum absolute atomic E-state index is 12.6. The van der Waals surface area contributed by atoms with Crippen LogP contribution < -0.4 is 5.32 Å². The summed E-state index contributed by atoms with van der Waals surface area (Å²) in [5, 5.41) is 2.82. The van der Waals surface area contributed by atoms with E-state index in [9.17, 15) is 14.4 Å². The van der Waals surface area contributed by atoms with Crippen molar-refractivity contribution in [2.75, 3.05) is 20.6 Å². The van der Waals surface area contributed by atoms with Crippen LogP contribution in [0.1, 0.15) is 17.5 Å². The average Bonchev–Trinajstić information content (AvgIpc) is 3.31. The van der Waals surface area contributed by atoms with Gasteiger partial charge >= 0.3 is 0 Å². The van der Waals surface area contributed by atoms with Crippen molar-refractivity contribution >= 4 is 17.7 Å². The van der Waals surface area contributed by atoms with Crippen LogP contribution in [0.15, 0.2) is 36.4 Å². The molecule has 1 aliphatic heterocycles. The van der Waals surface area contributed by atoms with Gasteiger partial charge in [-0.05, 0) is 43.5 Å². The molecule has 6 heteroatoms. The number of fused-ring (bicyclic) bond motifs is 5. The van der Waals surface area contributed by atoms with E-state index in [0.29, 0.717) is 6.54 Å². The fourth-order valence-corrected chi connectivity index (χ4v) is 4.65. The lowest BCUT2D eigenvalue weighted by Gasteiger charge is -2.17. The van der Waals surface area contributed by atoms with Gasteiger partial charge in [0.25, 0.3) is 0 Å². The third-order valence-corrected chi connectivity index (χ3v) is 5.87. The molecule has 6 nitrogen and oxygen atoms in total. The molecule has 1 saturated heterocycles. The second kappa shape index (κ2) is 6.93. The van der Waals surface area contributed by atoms with E-state index in [1.54, 1.807) is 0 Å². The van der Waals surface area contributed by atoms with Gasteiger partial charge in [-0.15, -0.1) is 0 Å². The summed E-state index contributed by atoms with van der Waals surface area (Å²) in [6.07, 6.45) is 5.01. The first-order valence-electron chi connectivity index (χ1n) is 9.47. The Morgan fingerprint density at radius 1 is 1.04 bits per heavy atom. The number of carbonyl (C=O) groups is 3. The number of likely N-dealkylation sites (tertiary alicyclic amines) is 1. The van der Waals surface area contributed by atoms with Gasteiger partial charge in [-0.3, -0.25) is 19.3 Å². The zero-order chi connectivity index (χ0) is 19.1. The van der Waals surface area contributed by atoms with Crippen molar-refractivity contribution in [3.8, 4) is 0 Å². The van der Waals surface area contributed by atoms with Crippen molar-refractivity contribution in [2.24, 2.45) is 23.7 Å². The molecule has 0 spiro atoms. The van der Waals surface area contributed by atoms with Crippen LogP contribution in [0.2, 0.25) is 0 Å². The largest absolute Gasteiger partial charge is 0.350 e. The standard InChI is InChI=1S/C21H25N3O3/c1-23(2)11-14-5-3-13(4-6-14)10-22-17(25)12-24-20(26)18-15-7-8-16(9-15)19(18)21(24)27/h3-8,15-16,18-19H,9-12H2,1-2H3,(H,22,25). The van der Waals surface area contributed by atoms with Gasteiger partial charge in [0, 0.05) is 13.1 Å². The van der Waals surface area contributed by atoms with Gasteiger partial charge in [-0.25, -0.2) is 0 Å². The van der Waals surface area contributed by atoms with E-state index in [4.69, 9.17) is 0 Å². The van der Waals surface area contributed by atoms with Crippen LogP contribution in [0.4, 0.5) is 0 Å². The van der Waals surface area contributed by atoms with E-state index in [2.05, 4.69) is 22.4 Å². The fraction of sp³-hybridized carbons (Fsp3) is 0.476. The lowest BCUT2D eigenvalue weighted by atomic mass is 9.85. The fourth-order valence-electron chi connectivity index (χ4n) is 4.65. The highest BCUT2D eigenvalue weighted by Gasteiger charge is 2.59. The lowest BCUT2D eigenvalue weighted by molar-refractivity contribution is -0.144. The number of amides is 3. The number of benzene rings is 1. The summed E-state index contributed by atoms with van der Waals surface area (Å²) >= 11 is 0. The van der Waals surface area contributed by atoms with Gasteiger partial charge in [-0.2, -0.15) is 0 Å². The lowest BCUT2D eigenvalue weighted by Crippen LogP contribution is -2.41. The molecule has 1 heterocycles. The van der Waals surface area contributed by atoms with Gasteiger partial charge in [0.05, 0.1) is 11.8 Å². The third-order valence-electron chi connectivity index (χ3n) is 5.87. The predicted molar refractivity (Wildman–Crippen MR) is 100 cm³/mol. The molecule has 2 fully saturated rings. The molecule has 1 N–H and O–H groups in total. The molecule has 142 valence electrons. The molecule has 1 aromatic carbocycles. The van der Waals surface area contributed by atoms with Crippen molar-refractivity contribution in [1.29, 1.82) is 0 Å². The zero-order valence-corrected chi connectivity index (χ0v) is 15.7. The Morgan fingerprint density at radius 2 is 1.59 bits per heavy atom. The minimum Gasteiger partial charge on any atom is -0.350 e. The van der Waals surface area contributed by atoms with Gasteiger partial charge in [0.1, 0.15) is 6.54 Å². The number of rotatable bonds is 6. The molecule has 1 aromatic rings. The minimum absolute atomic E-state index is 0.171. The molecule has 2 bridgehead atoms. The van der Waals surface area contributed by atoms with Crippen LogP contribution in [-0.2, 0) is 27.5 Å².